The van der Waals surface area contributed by atoms with Crippen molar-refractivity contribution in [3.8, 4) is 0 Å². The summed E-state index contributed by atoms with van der Waals surface area (Å²) >= 11 is 0. The summed E-state index contributed by atoms with van der Waals surface area (Å²) < 4.78 is 0. The van der Waals surface area contributed by atoms with Gasteiger partial charge in [-0.25, -0.2) is 0 Å². The molecule has 124 valence electrons. The molecular formula is C20H38O. The van der Waals surface area contributed by atoms with Crippen molar-refractivity contribution in [3.63, 3.8) is 0 Å². The lowest BCUT2D eigenvalue weighted by Gasteiger charge is -2.38. The van der Waals surface area contributed by atoms with E-state index in [4.69, 9.17) is 0 Å². The Kier molecular flexibility index (Phi) is 7.57. The number of aliphatic hydroxyl groups excluding tert-OH is 1. The Morgan fingerprint density at radius 3 is 1.67 bits per heavy atom. The van der Waals surface area contributed by atoms with E-state index in [9.17, 15) is 5.11 Å². The van der Waals surface area contributed by atoms with Crippen LogP contribution in [0.15, 0.2) is 0 Å². The molecule has 2 rings (SSSR count). The highest BCUT2D eigenvalue weighted by molar-refractivity contribution is 4.82. The molecule has 1 N–H and O–H groups in total. The average molecular weight is 295 g/mol. The molecule has 1 unspecified atom stereocenters. The Hall–Kier alpha value is -0.0400. The normalized spacial score (nSPS) is 35.6. The van der Waals surface area contributed by atoms with Gasteiger partial charge in [0.15, 0.2) is 0 Å². The fourth-order valence-corrected chi connectivity index (χ4v) is 4.94. The van der Waals surface area contributed by atoms with Gasteiger partial charge in [0.1, 0.15) is 0 Å². The zero-order valence-electron chi connectivity index (χ0n) is 14.5. The van der Waals surface area contributed by atoms with E-state index >= 15 is 0 Å². The number of aliphatic hydroxyl groups is 1. The molecule has 0 aliphatic heterocycles. The van der Waals surface area contributed by atoms with Crippen LogP contribution >= 0.6 is 0 Å². The summed E-state index contributed by atoms with van der Waals surface area (Å²) in [7, 11) is 0. The van der Waals surface area contributed by atoms with Crippen molar-refractivity contribution in [1.82, 2.24) is 0 Å². The van der Waals surface area contributed by atoms with Gasteiger partial charge in [-0.15, -0.1) is 0 Å². The summed E-state index contributed by atoms with van der Waals surface area (Å²) in [5.74, 6) is 4.07. The van der Waals surface area contributed by atoms with Gasteiger partial charge in [-0.05, 0) is 68.6 Å². The predicted octanol–water partition coefficient (Wildman–Crippen LogP) is 5.95. The average Bonchev–Trinajstić information content (AvgIpc) is 2.54. The van der Waals surface area contributed by atoms with Crippen molar-refractivity contribution < 1.29 is 5.11 Å². The molecule has 2 fully saturated rings. The summed E-state index contributed by atoms with van der Waals surface area (Å²) in [4.78, 5) is 0. The van der Waals surface area contributed by atoms with Crippen molar-refractivity contribution in [3.05, 3.63) is 0 Å². The molecule has 0 amide bonds. The largest absolute Gasteiger partial charge is 0.393 e. The first-order valence-electron chi connectivity index (χ1n) is 9.90. The van der Waals surface area contributed by atoms with Crippen LogP contribution in [0.5, 0.6) is 0 Å². The quantitative estimate of drug-likeness (QED) is 0.615. The van der Waals surface area contributed by atoms with Crippen molar-refractivity contribution in [1.29, 1.82) is 0 Å². The highest BCUT2D eigenvalue weighted by Gasteiger charge is 2.30. The summed E-state index contributed by atoms with van der Waals surface area (Å²) in [6.07, 6.45) is 18.0. The number of hydrogen-bond donors (Lipinski definition) is 1. The smallest absolute Gasteiger partial charge is 0.0537 e. The molecule has 1 nitrogen and oxygen atoms in total. The van der Waals surface area contributed by atoms with Gasteiger partial charge in [0.05, 0.1) is 6.10 Å². The first-order chi connectivity index (χ1) is 10.2. The first-order valence-corrected chi connectivity index (χ1v) is 9.90. The van der Waals surface area contributed by atoms with Crippen molar-refractivity contribution in [2.45, 2.75) is 103 Å². The van der Waals surface area contributed by atoms with E-state index in [0.717, 1.165) is 36.5 Å². The Bertz CT molecular complexity index is 259. The topological polar surface area (TPSA) is 20.2 Å². The van der Waals surface area contributed by atoms with E-state index in [-0.39, 0.29) is 6.10 Å². The third-order valence-electron chi connectivity index (χ3n) is 6.53. The van der Waals surface area contributed by atoms with Gasteiger partial charge in [0.25, 0.3) is 0 Å². The van der Waals surface area contributed by atoms with Gasteiger partial charge in [-0.2, -0.15) is 0 Å². The van der Waals surface area contributed by atoms with Crippen LogP contribution in [0.1, 0.15) is 97.3 Å². The second-order valence-electron chi connectivity index (χ2n) is 7.99. The maximum absolute atomic E-state index is 9.71. The molecule has 0 heterocycles. The van der Waals surface area contributed by atoms with Crippen LogP contribution in [0.2, 0.25) is 0 Å². The van der Waals surface area contributed by atoms with E-state index < -0.39 is 0 Å². The number of hydrogen-bond acceptors (Lipinski definition) is 1. The van der Waals surface area contributed by atoms with E-state index in [2.05, 4.69) is 13.8 Å². The third kappa shape index (κ3) is 5.58. The minimum Gasteiger partial charge on any atom is -0.393 e. The van der Waals surface area contributed by atoms with Crippen LogP contribution in [0.3, 0.4) is 0 Å². The fraction of sp³-hybridized carbons (Fsp3) is 1.00. The summed E-state index contributed by atoms with van der Waals surface area (Å²) in [6, 6.07) is 0. The van der Waals surface area contributed by atoms with Crippen molar-refractivity contribution in [2.24, 2.45) is 23.7 Å². The fourth-order valence-electron chi connectivity index (χ4n) is 4.94. The van der Waals surface area contributed by atoms with Crippen molar-refractivity contribution in [2.75, 3.05) is 0 Å². The summed E-state index contributed by atoms with van der Waals surface area (Å²) in [5.41, 5.74) is 0. The van der Waals surface area contributed by atoms with Crippen LogP contribution in [0.4, 0.5) is 0 Å². The maximum atomic E-state index is 9.71. The molecule has 0 aromatic heterocycles. The lowest BCUT2D eigenvalue weighted by molar-refractivity contribution is 0.121. The molecule has 1 atom stereocenters. The van der Waals surface area contributed by atoms with E-state index in [1.807, 2.05) is 0 Å². The van der Waals surface area contributed by atoms with Crippen molar-refractivity contribution >= 4 is 0 Å². The van der Waals surface area contributed by atoms with Crippen LogP contribution in [0, 0.1) is 23.7 Å². The molecule has 0 aromatic carbocycles. The lowest BCUT2D eigenvalue weighted by Crippen LogP contribution is -2.26. The van der Waals surface area contributed by atoms with Gasteiger partial charge >= 0.3 is 0 Å². The van der Waals surface area contributed by atoms with E-state index in [1.54, 1.807) is 0 Å². The van der Waals surface area contributed by atoms with E-state index in [1.165, 1.54) is 70.6 Å². The molecule has 2 aliphatic rings. The predicted molar refractivity (Wildman–Crippen MR) is 91.3 cm³/mol. The molecule has 21 heavy (non-hydrogen) atoms. The van der Waals surface area contributed by atoms with Gasteiger partial charge in [-0.3, -0.25) is 0 Å². The monoisotopic (exact) mass is 294 g/mol. The van der Waals surface area contributed by atoms with Crippen LogP contribution in [-0.4, -0.2) is 11.2 Å². The molecule has 0 aromatic rings. The minimum atomic E-state index is -0.0448. The van der Waals surface area contributed by atoms with Crippen LogP contribution in [0.25, 0.3) is 0 Å². The highest BCUT2D eigenvalue weighted by Crippen LogP contribution is 2.42. The molecule has 1 heteroatoms. The standard InChI is InChI=1S/C20H38O/c1-3-5-16-6-11-18(12-7-16)19-13-8-17(9-14-19)10-15-20(21)4-2/h16-21H,3-15H2,1-2H3. The molecule has 2 saturated carbocycles. The Balaban J connectivity index is 1.63. The highest BCUT2D eigenvalue weighted by atomic mass is 16.3. The molecule has 0 spiro atoms. The van der Waals surface area contributed by atoms with Gasteiger partial charge < -0.3 is 5.11 Å². The molecule has 2 aliphatic carbocycles. The molecular weight excluding hydrogens is 256 g/mol. The van der Waals surface area contributed by atoms with E-state index in [0.29, 0.717) is 0 Å². The van der Waals surface area contributed by atoms with Crippen LogP contribution < -0.4 is 0 Å². The van der Waals surface area contributed by atoms with Gasteiger partial charge in [-0.1, -0.05) is 52.4 Å². The molecule has 0 radical (unpaired) electrons. The zero-order chi connectivity index (χ0) is 15.1. The SMILES string of the molecule is CCCC1CCC(C2CCC(CCC(O)CC)CC2)CC1. The van der Waals surface area contributed by atoms with Gasteiger partial charge in [0, 0.05) is 0 Å². The second kappa shape index (κ2) is 9.18. The second-order valence-corrected chi connectivity index (χ2v) is 7.99. The third-order valence-corrected chi connectivity index (χ3v) is 6.53. The van der Waals surface area contributed by atoms with Gasteiger partial charge in [0.2, 0.25) is 0 Å². The maximum Gasteiger partial charge on any atom is 0.0537 e. The Morgan fingerprint density at radius 2 is 1.24 bits per heavy atom. The Labute approximate surface area is 132 Å². The lowest BCUT2D eigenvalue weighted by atomic mass is 9.68. The summed E-state index contributed by atoms with van der Waals surface area (Å²) in [5, 5.41) is 9.71. The molecule has 0 bridgehead atoms. The number of rotatable bonds is 7. The Morgan fingerprint density at radius 1 is 0.762 bits per heavy atom. The minimum absolute atomic E-state index is 0.0448. The molecule has 0 saturated heterocycles. The first kappa shape index (κ1) is 17.3. The zero-order valence-corrected chi connectivity index (χ0v) is 14.5. The van der Waals surface area contributed by atoms with Crippen LogP contribution in [-0.2, 0) is 0 Å². The summed E-state index contributed by atoms with van der Waals surface area (Å²) in [6.45, 7) is 4.43.